The molecule has 0 saturated heterocycles. The first-order valence-electron chi connectivity index (χ1n) is 5.87. The lowest BCUT2D eigenvalue weighted by atomic mass is 9.88. The molecule has 1 aromatic rings. The maximum atomic E-state index is 11.8. The third kappa shape index (κ3) is 1.44. The molecule has 1 fully saturated rings. The number of allylic oxidation sites excluding steroid dienone is 3. The molecule has 1 saturated carbocycles. The van der Waals surface area contributed by atoms with Gasteiger partial charge in [0.05, 0.1) is 0 Å². The van der Waals surface area contributed by atoms with E-state index in [1.54, 1.807) is 0 Å². The molecule has 0 radical (unpaired) electrons. The minimum absolute atomic E-state index is 0.361. The summed E-state index contributed by atoms with van der Waals surface area (Å²) in [4.78, 5) is 11.8. The lowest BCUT2D eigenvalue weighted by molar-refractivity contribution is -0.114. The molecule has 0 N–H and O–H groups in total. The van der Waals surface area contributed by atoms with E-state index in [0.717, 1.165) is 31.3 Å². The van der Waals surface area contributed by atoms with Crippen LogP contribution in [0.2, 0.25) is 0 Å². The highest BCUT2D eigenvalue weighted by molar-refractivity contribution is 6.05. The van der Waals surface area contributed by atoms with Gasteiger partial charge >= 0.3 is 0 Å². The van der Waals surface area contributed by atoms with E-state index in [2.05, 4.69) is 30.4 Å². The molecule has 0 unspecified atom stereocenters. The van der Waals surface area contributed by atoms with Crippen molar-refractivity contribution >= 4 is 17.4 Å². The van der Waals surface area contributed by atoms with Crippen LogP contribution in [-0.4, -0.2) is 5.78 Å². The zero-order chi connectivity index (χ0) is 11.0. The fourth-order valence-corrected chi connectivity index (χ4v) is 2.65. The van der Waals surface area contributed by atoms with Crippen molar-refractivity contribution in [1.29, 1.82) is 0 Å². The van der Waals surface area contributed by atoms with Gasteiger partial charge in [-0.05, 0) is 41.5 Å². The summed E-state index contributed by atoms with van der Waals surface area (Å²) >= 11 is 0. The van der Waals surface area contributed by atoms with Crippen LogP contribution in [0.15, 0.2) is 35.9 Å². The molecule has 1 aromatic carbocycles. The highest BCUT2D eigenvalue weighted by Gasteiger charge is 2.23. The monoisotopic (exact) mass is 210 g/mol. The fourth-order valence-electron chi connectivity index (χ4n) is 2.65. The normalized spacial score (nSPS) is 23.6. The van der Waals surface area contributed by atoms with Crippen molar-refractivity contribution in [2.75, 3.05) is 0 Å². The van der Waals surface area contributed by atoms with Crippen LogP contribution in [0.3, 0.4) is 0 Å². The largest absolute Gasteiger partial charge is 0.295 e. The second-order valence-electron chi connectivity index (χ2n) is 4.43. The van der Waals surface area contributed by atoms with Gasteiger partial charge in [-0.25, -0.2) is 0 Å². The molecular formula is C15H14O. The topological polar surface area (TPSA) is 17.1 Å². The molecule has 0 amide bonds. The number of carbonyl (C=O) groups is 1. The lowest BCUT2D eigenvalue weighted by Crippen LogP contribution is -2.01. The summed E-state index contributed by atoms with van der Waals surface area (Å²) < 4.78 is 0. The first-order valence-corrected chi connectivity index (χ1v) is 5.87. The Kier molecular flexibility index (Phi) is 2.24. The van der Waals surface area contributed by atoms with Gasteiger partial charge in [-0.3, -0.25) is 4.79 Å². The quantitative estimate of drug-likeness (QED) is 0.598. The summed E-state index contributed by atoms with van der Waals surface area (Å²) in [5.41, 5.74) is 4.85. The average molecular weight is 210 g/mol. The molecule has 1 nitrogen and oxygen atoms in total. The number of Topliss-reactive ketones (excluding diaryl/α,β-unsaturated/α-hetero) is 1. The van der Waals surface area contributed by atoms with E-state index < -0.39 is 0 Å². The molecule has 2 aliphatic carbocycles. The third-order valence-corrected chi connectivity index (χ3v) is 3.44. The molecule has 0 aromatic heterocycles. The van der Waals surface area contributed by atoms with E-state index in [-0.39, 0.29) is 0 Å². The minimum Gasteiger partial charge on any atom is -0.295 e. The molecule has 0 aliphatic heterocycles. The van der Waals surface area contributed by atoms with Crippen LogP contribution >= 0.6 is 0 Å². The van der Waals surface area contributed by atoms with Crippen molar-refractivity contribution < 1.29 is 4.79 Å². The Morgan fingerprint density at radius 2 is 1.88 bits per heavy atom. The standard InChI is InChI=1S/C15H14O/c16-15-10-4-9-14(15)13-8-3-6-11-5-1-2-7-12(11)13/h1-3,5-7H,4,8-10H2/b14-13+. The van der Waals surface area contributed by atoms with Crippen molar-refractivity contribution in [2.24, 2.45) is 0 Å². The zero-order valence-electron chi connectivity index (χ0n) is 9.20. The Morgan fingerprint density at radius 1 is 1.00 bits per heavy atom. The van der Waals surface area contributed by atoms with E-state index in [1.807, 2.05) is 6.07 Å². The summed E-state index contributed by atoms with van der Waals surface area (Å²) in [6.45, 7) is 0. The Labute approximate surface area is 95.5 Å². The first kappa shape index (κ1) is 9.59. The van der Waals surface area contributed by atoms with Gasteiger partial charge in [0, 0.05) is 6.42 Å². The molecule has 0 heterocycles. The Morgan fingerprint density at radius 3 is 2.69 bits per heavy atom. The maximum absolute atomic E-state index is 11.8. The van der Waals surface area contributed by atoms with Gasteiger partial charge in [0.15, 0.2) is 5.78 Å². The van der Waals surface area contributed by atoms with E-state index in [1.165, 1.54) is 16.7 Å². The number of rotatable bonds is 0. The van der Waals surface area contributed by atoms with Crippen LogP contribution in [0.5, 0.6) is 0 Å². The van der Waals surface area contributed by atoms with Crippen LogP contribution in [0.1, 0.15) is 36.8 Å². The van der Waals surface area contributed by atoms with Crippen LogP contribution in [0.4, 0.5) is 0 Å². The van der Waals surface area contributed by atoms with Crippen LogP contribution in [-0.2, 0) is 4.79 Å². The number of benzene rings is 1. The molecule has 16 heavy (non-hydrogen) atoms. The highest BCUT2D eigenvalue weighted by atomic mass is 16.1. The van der Waals surface area contributed by atoms with E-state index in [4.69, 9.17) is 0 Å². The van der Waals surface area contributed by atoms with Gasteiger partial charge in [0.1, 0.15) is 0 Å². The smallest absolute Gasteiger partial charge is 0.159 e. The average Bonchev–Trinajstić information content (AvgIpc) is 2.75. The maximum Gasteiger partial charge on any atom is 0.159 e. The molecule has 2 aliphatic rings. The van der Waals surface area contributed by atoms with Crippen LogP contribution in [0, 0.1) is 0 Å². The van der Waals surface area contributed by atoms with Crippen molar-refractivity contribution in [3.8, 4) is 0 Å². The van der Waals surface area contributed by atoms with E-state index in [0.29, 0.717) is 5.78 Å². The summed E-state index contributed by atoms with van der Waals surface area (Å²) in [6, 6.07) is 8.35. The molecule has 0 spiro atoms. The van der Waals surface area contributed by atoms with Crippen molar-refractivity contribution in [2.45, 2.75) is 25.7 Å². The second-order valence-corrected chi connectivity index (χ2v) is 4.43. The van der Waals surface area contributed by atoms with Gasteiger partial charge in [-0.15, -0.1) is 0 Å². The van der Waals surface area contributed by atoms with Crippen LogP contribution in [0.25, 0.3) is 11.6 Å². The van der Waals surface area contributed by atoms with Gasteiger partial charge in [-0.2, -0.15) is 0 Å². The predicted molar refractivity (Wildman–Crippen MR) is 65.9 cm³/mol. The number of ketones is 1. The predicted octanol–water partition coefficient (Wildman–Crippen LogP) is 3.61. The SMILES string of the molecule is O=C1CCC/C1=C1/CC=Cc2ccccc21. The highest BCUT2D eigenvalue weighted by Crippen LogP contribution is 2.36. The number of hydrogen-bond donors (Lipinski definition) is 0. The molecular weight excluding hydrogens is 196 g/mol. The lowest BCUT2D eigenvalue weighted by Gasteiger charge is -2.16. The summed E-state index contributed by atoms with van der Waals surface area (Å²) in [5.74, 6) is 0.361. The Hall–Kier alpha value is -1.63. The molecule has 80 valence electrons. The van der Waals surface area contributed by atoms with Crippen molar-refractivity contribution in [3.05, 3.63) is 47.0 Å². The molecule has 3 rings (SSSR count). The molecule has 0 bridgehead atoms. The number of fused-ring (bicyclic) bond motifs is 1. The number of hydrogen-bond acceptors (Lipinski definition) is 1. The van der Waals surface area contributed by atoms with Gasteiger partial charge in [-0.1, -0.05) is 36.4 Å². The summed E-state index contributed by atoms with van der Waals surface area (Å²) in [5, 5.41) is 0. The van der Waals surface area contributed by atoms with Gasteiger partial charge in [0.25, 0.3) is 0 Å². The Bertz CT molecular complexity index is 506. The second kappa shape index (κ2) is 3.75. The molecule has 1 heteroatoms. The van der Waals surface area contributed by atoms with Crippen molar-refractivity contribution in [1.82, 2.24) is 0 Å². The number of carbonyl (C=O) groups excluding carboxylic acids is 1. The van der Waals surface area contributed by atoms with E-state index in [9.17, 15) is 4.79 Å². The van der Waals surface area contributed by atoms with Crippen molar-refractivity contribution in [3.63, 3.8) is 0 Å². The van der Waals surface area contributed by atoms with Crippen LogP contribution < -0.4 is 0 Å². The fraction of sp³-hybridized carbons (Fsp3) is 0.267. The first-order chi connectivity index (χ1) is 7.86. The summed E-state index contributed by atoms with van der Waals surface area (Å²) in [6.07, 6.45) is 7.97. The zero-order valence-corrected chi connectivity index (χ0v) is 9.20. The molecule has 0 atom stereocenters. The third-order valence-electron chi connectivity index (χ3n) is 3.44. The summed E-state index contributed by atoms with van der Waals surface area (Å²) in [7, 11) is 0. The Balaban J connectivity index is 2.18. The van der Waals surface area contributed by atoms with Gasteiger partial charge in [0.2, 0.25) is 0 Å². The van der Waals surface area contributed by atoms with E-state index >= 15 is 0 Å². The minimum atomic E-state index is 0.361. The van der Waals surface area contributed by atoms with Gasteiger partial charge < -0.3 is 0 Å².